The molecule has 22 heavy (non-hydrogen) atoms. The first-order valence-electron chi connectivity index (χ1n) is 5.95. The number of halogens is 4. The Morgan fingerprint density at radius 2 is 1.68 bits per heavy atom. The van der Waals surface area contributed by atoms with Gasteiger partial charge in [-0.25, -0.2) is 4.39 Å². The van der Waals surface area contributed by atoms with Crippen LogP contribution in [0.25, 0.3) is 0 Å². The van der Waals surface area contributed by atoms with Gasteiger partial charge < -0.3 is 10.6 Å². The van der Waals surface area contributed by atoms with Crippen LogP contribution in [-0.4, -0.2) is 29.2 Å². The number of ketones is 1. The van der Waals surface area contributed by atoms with Crippen LogP contribution >= 0.6 is 11.6 Å². The quantitative estimate of drug-likeness (QED) is 0.641. The van der Waals surface area contributed by atoms with Crippen LogP contribution in [-0.2, 0) is 9.59 Å². The summed E-state index contributed by atoms with van der Waals surface area (Å²) in [7, 11) is 0. The zero-order valence-corrected chi connectivity index (χ0v) is 12.3. The predicted molar refractivity (Wildman–Crippen MR) is 75.1 cm³/mol. The standard InChI is InChI=1S/C13H12ClF3N2O3/c1-6(20)18-8-3-4-9(10(5-8)19-7(2)21)11(22)13(16,17)12(14)15/h3-5,12H,1-2H3,(H,18,20)(H,19,21). The van der Waals surface area contributed by atoms with Gasteiger partial charge in [-0.15, -0.1) is 0 Å². The Morgan fingerprint density at radius 1 is 1.14 bits per heavy atom. The number of anilines is 2. The van der Waals surface area contributed by atoms with E-state index in [9.17, 15) is 27.6 Å². The Bertz CT molecular complexity index is 621. The van der Waals surface area contributed by atoms with Crippen molar-refractivity contribution in [3.63, 3.8) is 0 Å². The topological polar surface area (TPSA) is 75.3 Å². The lowest BCUT2D eigenvalue weighted by Crippen LogP contribution is -2.36. The van der Waals surface area contributed by atoms with Gasteiger partial charge >= 0.3 is 5.92 Å². The number of carbonyl (C=O) groups excluding carboxylic acids is 3. The van der Waals surface area contributed by atoms with Crippen LogP contribution in [0.1, 0.15) is 24.2 Å². The molecule has 120 valence electrons. The van der Waals surface area contributed by atoms with E-state index in [1.165, 1.54) is 6.92 Å². The van der Waals surface area contributed by atoms with Crippen molar-refractivity contribution < 1.29 is 27.6 Å². The van der Waals surface area contributed by atoms with Crippen LogP contribution in [0, 0.1) is 0 Å². The molecule has 0 saturated carbocycles. The maximum atomic E-state index is 13.4. The second kappa shape index (κ2) is 6.78. The highest BCUT2D eigenvalue weighted by molar-refractivity contribution is 6.23. The molecule has 0 aliphatic heterocycles. The fourth-order valence-electron chi connectivity index (χ4n) is 1.59. The molecule has 0 spiro atoms. The molecule has 1 aromatic rings. The van der Waals surface area contributed by atoms with Gasteiger partial charge in [0.15, 0.2) is 0 Å². The summed E-state index contributed by atoms with van der Waals surface area (Å²) < 4.78 is 39.5. The molecule has 0 radical (unpaired) electrons. The number of amides is 2. The summed E-state index contributed by atoms with van der Waals surface area (Å²) in [6, 6.07) is 3.21. The van der Waals surface area contributed by atoms with Crippen molar-refractivity contribution in [1.29, 1.82) is 0 Å². The average Bonchev–Trinajstić information content (AvgIpc) is 2.36. The van der Waals surface area contributed by atoms with Crippen LogP contribution in [0.4, 0.5) is 24.5 Å². The fourth-order valence-corrected chi connectivity index (χ4v) is 1.69. The third-order valence-corrected chi connectivity index (χ3v) is 2.75. The molecular weight excluding hydrogens is 325 g/mol. The van der Waals surface area contributed by atoms with Crippen molar-refractivity contribution in [1.82, 2.24) is 0 Å². The summed E-state index contributed by atoms with van der Waals surface area (Å²) in [6.07, 6.45) is 0. The van der Waals surface area contributed by atoms with Crippen molar-refractivity contribution in [2.45, 2.75) is 25.4 Å². The summed E-state index contributed by atoms with van der Waals surface area (Å²) in [4.78, 5) is 33.8. The van der Waals surface area contributed by atoms with E-state index in [0.29, 0.717) is 0 Å². The van der Waals surface area contributed by atoms with Crippen LogP contribution in [0.2, 0.25) is 0 Å². The lowest BCUT2D eigenvalue weighted by molar-refractivity contribution is -0.115. The summed E-state index contributed by atoms with van der Waals surface area (Å²) in [5.41, 5.74) is -3.96. The van der Waals surface area contributed by atoms with Crippen molar-refractivity contribution in [3.05, 3.63) is 23.8 Å². The zero-order chi connectivity index (χ0) is 17.1. The molecule has 2 N–H and O–H groups in total. The second-order valence-corrected chi connectivity index (χ2v) is 4.76. The van der Waals surface area contributed by atoms with Gasteiger partial charge in [-0.1, -0.05) is 11.6 Å². The first-order chi connectivity index (χ1) is 10.1. The monoisotopic (exact) mass is 336 g/mol. The third kappa shape index (κ3) is 4.20. The van der Waals surface area contributed by atoms with Crippen LogP contribution in [0.15, 0.2) is 18.2 Å². The molecule has 0 aliphatic carbocycles. The lowest BCUT2D eigenvalue weighted by atomic mass is 10.0. The highest BCUT2D eigenvalue weighted by Gasteiger charge is 2.48. The van der Waals surface area contributed by atoms with Gasteiger partial charge in [-0.05, 0) is 18.2 Å². The van der Waals surface area contributed by atoms with Gasteiger partial charge in [0.25, 0.3) is 0 Å². The summed E-state index contributed by atoms with van der Waals surface area (Å²) in [6.45, 7) is 2.31. The Hall–Kier alpha value is -2.09. The minimum Gasteiger partial charge on any atom is -0.326 e. The van der Waals surface area contributed by atoms with Gasteiger partial charge in [0.05, 0.1) is 5.69 Å². The minimum absolute atomic E-state index is 0.166. The van der Waals surface area contributed by atoms with E-state index in [1.54, 1.807) is 0 Å². The van der Waals surface area contributed by atoms with Crippen LogP contribution in [0.5, 0.6) is 0 Å². The van der Waals surface area contributed by atoms with Gasteiger partial charge in [0.2, 0.25) is 23.2 Å². The lowest BCUT2D eigenvalue weighted by Gasteiger charge is -2.18. The number of rotatable bonds is 5. The Balaban J connectivity index is 3.31. The fraction of sp³-hybridized carbons (Fsp3) is 0.308. The molecule has 1 unspecified atom stereocenters. The molecule has 0 aromatic heterocycles. The summed E-state index contributed by atoms with van der Waals surface area (Å²) >= 11 is 4.69. The third-order valence-electron chi connectivity index (χ3n) is 2.47. The van der Waals surface area contributed by atoms with Gasteiger partial charge in [-0.2, -0.15) is 8.78 Å². The Kier molecular flexibility index (Phi) is 5.54. The predicted octanol–water partition coefficient (Wildman–Crippen LogP) is 2.96. The molecule has 2 amide bonds. The van der Waals surface area contributed by atoms with Gasteiger partial charge in [0, 0.05) is 25.1 Å². The molecule has 0 aliphatic rings. The van der Waals surface area contributed by atoms with E-state index in [0.717, 1.165) is 25.1 Å². The molecule has 5 nitrogen and oxygen atoms in total. The molecule has 1 rings (SSSR count). The number of carbonyl (C=O) groups is 3. The van der Waals surface area contributed by atoms with E-state index in [1.807, 2.05) is 0 Å². The van der Waals surface area contributed by atoms with Crippen LogP contribution < -0.4 is 10.6 Å². The molecule has 9 heteroatoms. The van der Waals surface area contributed by atoms with E-state index in [-0.39, 0.29) is 11.4 Å². The number of hydrogen-bond acceptors (Lipinski definition) is 3. The molecule has 1 atom stereocenters. The number of hydrogen-bond donors (Lipinski definition) is 2. The SMILES string of the molecule is CC(=O)Nc1ccc(C(=O)C(F)(F)C(F)Cl)c(NC(C)=O)c1. The van der Waals surface area contributed by atoms with Gasteiger partial charge in [0.1, 0.15) is 0 Å². The highest BCUT2D eigenvalue weighted by atomic mass is 35.5. The Morgan fingerprint density at radius 3 is 2.14 bits per heavy atom. The molecular formula is C13H12ClF3N2O3. The van der Waals surface area contributed by atoms with Gasteiger partial charge in [-0.3, -0.25) is 14.4 Å². The van der Waals surface area contributed by atoms with Crippen molar-refractivity contribution in [2.24, 2.45) is 0 Å². The molecule has 1 aromatic carbocycles. The number of alkyl halides is 4. The normalized spacial score (nSPS) is 12.5. The largest absolute Gasteiger partial charge is 0.353 e. The zero-order valence-electron chi connectivity index (χ0n) is 11.5. The average molecular weight is 337 g/mol. The Labute approximate surface area is 128 Å². The molecule has 0 fully saturated rings. The summed E-state index contributed by atoms with van der Waals surface area (Å²) in [5, 5.41) is 4.53. The van der Waals surface area contributed by atoms with Crippen molar-refractivity contribution in [3.8, 4) is 0 Å². The first-order valence-corrected chi connectivity index (χ1v) is 6.39. The smallest absolute Gasteiger partial charge is 0.326 e. The minimum atomic E-state index is -4.45. The van der Waals surface area contributed by atoms with Crippen molar-refractivity contribution >= 4 is 40.6 Å². The number of Topliss-reactive ketones (excluding diaryl/α,β-unsaturated/α-hetero) is 1. The maximum Gasteiger partial charge on any atom is 0.353 e. The maximum absolute atomic E-state index is 13.4. The number of benzene rings is 1. The van der Waals surface area contributed by atoms with E-state index >= 15 is 0 Å². The van der Waals surface area contributed by atoms with Crippen molar-refractivity contribution in [2.75, 3.05) is 10.6 Å². The van der Waals surface area contributed by atoms with Crippen LogP contribution in [0.3, 0.4) is 0 Å². The highest BCUT2D eigenvalue weighted by Crippen LogP contribution is 2.32. The molecule has 0 bridgehead atoms. The number of nitrogens with one attached hydrogen (secondary N) is 2. The summed E-state index contributed by atoms with van der Waals surface area (Å²) in [5.74, 6) is -7.42. The molecule has 0 saturated heterocycles. The van der Waals surface area contributed by atoms with E-state index in [4.69, 9.17) is 11.6 Å². The van der Waals surface area contributed by atoms with E-state index < -0.39 is 34.7 Å². The first kappa shape index (κ1) is 18.0. The van der Waals surface area contributed by atoms with E-state index in [2.05, 4.69) is 10.6 Å². The second-order valence-electron chi connectivity index (χ2n) is 4.38. The molecule has 0 heterocycles.